The zero-order chi connectivity index (χ0) is 9.31. The van der Waals surface area contributed by atoms with E-state index in [-0.39, 0.29) is 0 Å². The van der Waals surface area contributed by atoms with Crippen molar-refractivity contribution in [1.29, 1.82) is 0 Å². The van der Waals surface area contributed by atoms with Gasteiger partial charge in [-0.25, -0.2) is 0 Å². The van der Waals surface area contributed by atoms with Crippen molar-refractivity contribution < 1.29 is 0 Å². The summed E-state index contributed by atoms with van der Waals surface area (Å²) in [7, 11) is 0. The molecule has 1 unspecified atom stereocenters. The Morgan fingerprint density at radius 1 is 1.46 bits per heavy atom. The zero-order valence-electron chi connectivity index (χ0n) is 8.25. The lowest BCUT2D eigenvalue weighted by Gasteiger charge is -2.06. The average Bonchev–Trinajstić information content (AvgIpc) is 2.73. The minimum atomic E-state index is 0.569. The Balaban J connectivity index is 1.82. The fourth-order valence-electron chi connectivity index (χ4n) is 1.64. The molecule has 1 fully saturated rings. The van der Waals surface area contributed by atoms with Crippen LogP contribution in [-0.4, -0.2) is 11.5 Å². The number of nitrogens with one attached hydrogen (secondary N) is 1. The van der Waals surface area contributed by atoms with Gasteiger partial charge in [0.15, 0.2) is 0 Å². The van der Waals surface area contributed by atoms with Gasteiger partial charge in [-0.1, -0.05) is 13.8 Å². The third-order valence-corrected chi connectivity index (χ3v) is 2.95. The molecule has 1 aromatic heterocycles. The molecule has 0 radical (unpaired) electrons. The molecule has 2 nitrogen and oxygen atoms in total. The molecule has 1 aliphatic rings. The van der Waals surface area contributed by atoms with Crippen LogP contribution in [0.5, 0.6) is 0 Å². The van der Waals surface area contributed by atoms with Crippen LogP contribution in [0.1, 0.15) is 20.3 Å². The van der Waals surface area contributed by atoms with Gasteiger partial charge in [-0.15, -0.1) is 0 Å². The van der Waals surface area contributed by atoms with E-state index in [1.54, 1.807) is 0 Å². The van der Waals surface area contributed by atoms with Crippen LogP contribution in [0.4, 0.5) is 5.69 Å². The lowest BCUT2D eigenvalue weighted by molar-refractivity contribution is 0.573. The monoisotopic (exact) mass is 176 g/mol. The first kappa shape index (κ1) is 8.54. The molecule has 0 spiro atoms. The summed E-state index contributed by atoms with van der Waals surface area (Å²) in [5.74, 6) is 0.848. The van der Waals surface area contributed by atoms with Gasteiger partial charge in [-0.05, 0) is 29.9 Å². The molecule has 1 saturated carbocycles. The highest BCUT2D eigenvalue weighted by molar-refractivity contribution is 5.41. The molecule has 0 amide bonds. The summed E-state index contributed by atoms with van der Waals surface area (Å²) in [6.07, 6.45) is 4.99. The van der Waals surface area contributed by atoms with Gasteiger partial charge in [0.05, 0.1) is 0 Å². The van der Waals surface area contributed by atoms with Crippen LogP contribution in [0.3, 0.4) is 0 Å². The minimum Gasteiger partial charge on any atom is -0.385 e. The van der Waals surface area contributed by atoms with E-state index in [0.29, 0.717) is 5.41 Å². The fourth-order valence-corrected chi connectivity index (χ4v) is 1.64. The Kier molecular flexibility index (Phi) is 1.98. The summed E-state index contributed by atoms with van der Waals surface area (Å²) in [5, 5.41) is 3.42. The van der Waals surface area contributed by atoms with Crippen LogP contribution < -0.4 is 5.32 Å². The first-order valence-electron chi connectivity index (χ1n) is 4.82. The molecule has 2 heteroatoms. The smallest absolute Gasteiger partial charge is 0.0371 e. The Morgan fingerprint density at radius 2 is 2.08 bits per heavy atom. The Hall–Kier alpha value is -1.05. The number of hydrogen-bond donors (Lipinski definition) is 1. The third kappa shape index (κ3) is 2.00. The standard InChI is InChI=1S/C11H16N2/c1-11(2)7-9(11)8-13-10-3-5-12-6-4-10/h3-6,9H,7-8H2,1-2H3,(H,12,13). The number of nitrogens with zero attached hydrogens (tertiary/aromatic N) is 1. The van der Waals surface area contributed by atoms with Gasteiger partial charge in [0.1, 0.15) is 0 Å². The topological polar surface area (TPSA) is 24.9 Å². The number of anilines is 1. The van der Waals surface area contributed by atoms with Crippen LogP contribution in [0.25, 0.3) is 0 Å². The number of hydrogen-bond acceptors (Lipinski definition) is 2. The Bertz CT molecular complexity index is 279. The van der Waals surface area contributed by atoms with E-state index in [4.69, 9.17) is 0 Å². The fraction of sp³-hybridized carbons (Fsp3) is 0.545. The van der Waals surface area contributed by atoms with E-state index < -0.39 is 0 Å². The largest absolute Gasteiger partial charge is 0.385 e. The van der Waals surface area contributed by atoms with Crippen molar-refractivity contribution in [3.05, 3.63) is 24.5 Å². The number of pyridine rings is 1. The quantitative estimate of drug-likeness (QED) is 0.765. The second kappa shape index (κ2) is 3.02. The summed E-state index contributed by atoms with van der Waals surface area (Å²) in [6, 6.07) is 4.02. The zero-order valence-corrected chi connectivity index (χ0v) is 8.25. The van der Waals surface area contributed by atoms with E-state index in [1.807, 2.05) is 24.5 Å². The maximum absolute atomic E-state index is 3.98. The molecule has 1 atom stereocenters. The number of rotatable bonds is 3. The molecule has 1 aromatic rings. The first-order valence-corrected chi connectivity index (χ1v) is 4.82. The van der Waals surface area contributed by atoms with Crippen molar-refractivity contribution in [2.45, 2.75) is 20.3 Å². The van der Waals surface area contributed by atoms with Crippen LogP contribution in [0, 0.1) is 11.3 Å². The molecular formula is C11H16N2. The number of aromatic nitrogens is 1. The van der Waals surface area contributed by atoms with E-state index in [2.05, 4.69) is 24.1 Å². The van der Waals surface area contributed by atoms with Crippen LogP contribution in [0.15, 0.2) is 24.5 Å². The average molecular weight is 176 g/mol. The van der Waals surface area contributed by atoms with Gasteiger partial charge >= 0.3 is 0 Å². The molecule has 1 aliphatic carbocycles. The van der Waals surface area contributed by atoms with Crippen molar-refractivity contribution in [3.8, 4) is 0 Å². The maximum atomic E-state index is 3.98. The Morgan fingerprint density at radius 3 is 2.62 bits per heavy atom. The summed E-state index contributed by atoms with van der Waals surface area (Å²) in [6.45, 7) is 5.74. The normalized spacial score (nSPS) is 24.0. The van der Waals surface area contributed by atoms with Crippen LogP contribution in [0.2, 0.25) is 0 Å². The highest BCUT2D eigenvalue weighted by atomic mass is 14.9. The van der Waals surface area contributed by atoms with E-state index in [0.717, 1.165) is 12.5 Å². The molecule has 70 valence electrons. The maximum Gasteiger partial charge on any atom is 0.0371 e. The van der Waals surface area contributed by atoms with Crippen LogP contribution >= 0.6 is 0 Å². The SMILES string of the molecule is CC1(C)CC1CNc1ccncc1. The molecule has 1 N–H and O–H groups in total. The van der Waals surface area contributed by atoms with Crippen molar-refractivity contribution in [2.75, 3.05) is 11.9 Å². The first-order chi connectivity index (χ1) is 6.18. The Labute approximate surface area is 79.4 Å². The van der Waals surface area contributed by atoms with Gasteiger partial charge in [0, 0.05) is 24.6 Å². The summed E-state index contributed by atoms with van der Waals surface area (Å²) >= 11 is 0. The summed E-state index contributed by atoms with van der Waals surface area (Å²) < 4.78 is 0. The molecule has 0 aliphatic heterocycles. The molecular weight excluding hydrogens is 160 g/mol. The van der Waals surface area contributed by atoms with Crippen molar-refractivity contribution in [2.24, 2.45) is 11.3 Å². The highest BCUT2D eigenvalue weighted by Crippen LogP contribution is 2.51. The lowest BCUT2D eigenvalue weighted by Crippen LogP contribution is -2.06. The molecule has 0 bridgehead atoms. The van der Waals surface area contributed by atoms with Crippen molar-refractivity contribution >= 4 is 5.69 Å². The molecule has 2 rings (SSSR count). The lowest BCUT2D eigenvalue weighted by atomic mass is 10.1. The van der Waals surface area contributed by atoms with Gasteiger partial charge < -0.3 is 5.32 Å². The molecule has 0 aromatic carbocycles. The van der Waals surface area contributed by atoms with Gasteiger partial charge in [-0.2, -0.15) is 0 Å². The van der Waals surface area contributed by atoms with Crippen molar-refractivity contribution in [1.82, 2.24) is 4.98 Å². The van der Waals surface area contributed by atoms with E-state index >= 15 is 0 Å². The second-order valence-electron chi connectivity index (χ2n) is 4.51. The highest BCUT2D eigenvalue weighted by Gasteiger charge is 2.44. The molecule has 1 heterocycles. The minimum absolute atomic E-state index is 0.569. The summed E-state index contributed by atoms with van der Waals surface area (Å²) in [4.78, 5) is 3.98. The van der Waals surface area contributed by atoms with Crippen molar-refractivity contribution in [3.63, 3.8) is 0 Å². The molecule has 13 heavy (non-hydrogen) atoms. The summed E-state index contributed by atoms with van der Waals surface area (Å²) in [5.41, 5.74) is 1.75. The van der Waals surface area contributed by atoms with E-state index in [9.17, 15) is 0 Å². The third-order valence-electron chi connectivity index (χ3n) is 2.95. The predicted octanol–water partition coefficient (Wildman–Crippen LogP) is 2.54. The second-order valence-corrected chi connectivity index (χ2v) is 4.51. The van der Waals surface area contributed by atoms with Crippen LogP contribution in [-0.2, 0) is 0 Å². The van der Waals surface area contributed by atoms with Gasteiger partial charge in [-0.3, -0.25) is 4.98 Å². The van der Waals surface area contributed by atoms with Gasteiger partial charge in [0.2, 0.25) is 0 Å². The van der Waals surface area contributed by atoms with Gasteiger partial charge in [0.25, 0.3) is 0 Å². The molecule has 0 saturated heterocycles. The van der Waals surface area contributed by atoms with E-state index in [1.165, 1.54) is 12.1 Å². The predicted molar refractivity (Wildman–Crippen MR) is 54.6 cm³/mol.